The van der Waals surface area contributed by atoms with Gasteiger partial charge in [0, 0.05) is 32.1 Å². The number of aliphatic imine (C=N–C) groups is 1. The quantitative estimate of drug-likeness (QED) is 0.669. The molecule has 1 saturated heterocycles. The number of hydrogen-bond acceptors (Lipinski definition) is 3. The Morgan fingerprint density at radius 3 is 2.90 bits per heavy atom. The van der Waals surface area contributed by atoms with E-state index in [1.54, 1.807) is 0 Å². The number of likely N-dealkylation sites (N-methyl/N-ethyl adjacent to an activating group) is 1. The average Bonchev–Trinajstić information content (AvgIpc) is 3.00. The van der Waals surface area contributed by atoms with E-state index in [1.165, 1.54) is 29.2 Å². The van der Waals surface area contributed by atoms with Crippen LogP contribution in [0.1, 0.15) is 17.7 Å². The van der Waals surface area contributed by atoms with Gasteiger partial charge in [0.05, 0.1) is 0 Å². The molecule has 0 bridgehead atoms. The van der Waals surface area contributed by atoms with Crippen molar-refractivity contribution in [2.75, 3.05) is 38.7 Å². The van der Waals surface area contributed by atoms with Crippen LogP contribution in [-0.4, -0.2) is 49.6 Å². The maximum Gasteiger partial charge on any atom is 0.193 e. The lowest BCUT2D eigenvalue weighted by atomic mass is 10.0. The highest BCUT2D eigenvalue weighted by molar-refractivity contribution is 7.99. The second kappa shape index (κ2) is 8.57. The molecule has 0 unspecified atom stereocenters. The minimum absolute atomic E-state index is 0.818. The Kier molecular flexibility index (Phi) is 6.73. The van der Waals surface area contributed by atoms with Gasteiger partial charge in [-0.15, -0.1) is 11.3 Å². The SMILES string of the molecule is CN=C(NCC1CCSCC1)N(C)CCc1cccs1. The minimum atomic E-state index is 0.818. The molecule has 112 valence electrons. The highest BCUT2D eigenvalue weighted by Gasteiger charge is 2.15. The van der Waals surface area contributed by atoms with Crippen LogP contribution in [0.15, 0.2) is 22.5 Å². The fourth-order valence-corrected chi connectivity index (χ4v) is 4.31. The highest BCUT2D eigenvalue weighted by atomic mass is 32.2. The van der Waals surface area contributed by atoms with Crippen LogP contribution in [0.25, 0.3) is 0 Å². The van der Waals surface area contributed by atoms with Crippen LogP contribution >= 0.6 is 23.1 Å². The first-order valence-electron chi connectivity index (χ1n) is 7.31. The second-order valence-electron chi connectivity index (χ2n) is 5.23. The van der Waals surface area contributed by atoms with E-state index >= 15 is 0 Å². The monoisotopic (exact) mass is 311 g/mol. The predicted octanol–water partition coefficient (Wildman–Crippen LogP) is 2.94. The van der Waals surface area contributed by atoms with E-state index in [2.05, 4.69) is 51.5 Å². The van der Waals surface area contributed by atoms with Crippen LogP contribution in [-0.2, 0) is 6.42 Å². The summed E-state index contributed by atoms with van der Waals surface area (Å²) in [6, 6.07) is 4.32. The third-order valence-electron chi connectivity index (χ3n) is 3.74. The zero-order chi connectivity index (χ0) is 14.2. The van der Waals surface area contributed by atoms with Crippen molar-refractivity contribution >= 4 is 29.1 Å². The van der Waals surface area contributed by atoms with Crippen molar-refractivity contribution in [3.8, 4) is 0 Å². The molecule has 0 spiro atoms. The van der Waals surface area contributed by atoms with Crippen molar-refractivity contribution < 1.29 is 0 Å². The number of hydrogen-bond donors (Lipinski definition) is 1. The summed E-state index contributed by atoms with van der Waals surface area (Å²) in [7, 11) is 4.00. The molecule has 0 aromatic carbocycles. The van der Waals surface area contributed by atoms with Crippen LogP contribution in [0, 0.1) is 5.92 Å². The van der Waals surface area contributed by atoms with E-state index in [1.807, 2.05) is 18.4 Å². The first-order valence-corrected chi connectivity index (χ1v) is 9.35. The Balaban J connectivity index is 1.72. The third kappa shape index (κ3) is 5.02. The van der Waals surface area contributed by atoms with Crippen LogP contribution in [0.2, 0.25) is 0 Å². The molecule has 1 aliphatic heterocycles. The molecule has 2 rings (SSSR count). The van der Waals surface area contributed by atoms with Gasteiger partial charge in [0.2, 0.25) is 0 Å². The van der Waals surface area contributed by atoms with Gasteiger partial charge in [-0.05, 0) is 48.1 Å². The van der Waals surface area contributed by atoms with Gasteiger partial charge in [-0.2, -0.15) is 11.8 Å². The van der Waals surface area contributed by atoms with Gasteiger partial charge in [0.1, 0.15) is 0 Å². The molecule has 1 N–H and O–H groups in total. The molecule has 3 nitrogen and oxygen atoms in total. The zero-order valence-electron chi connectivity index (χ0n) is 12.5. The second-order valence-corrected chi connectivity index (χ2v) is 7.49. The van der Waals surface area contributed by atoms with E-state index in [0.29, 0.717) is 0 Å². The molecule has 0 radical (unpaired) electrons. The van der Waals surface area contributed by atoms with Gasteiger partial charge in [0.15, 0.2) is 5.96 Å². The molecule has 1 aromatic heterocycles. The Bertz CT molecular complexity index is 397. The van der Waals surface area contributed by atoms with Crippen LogP contribution < -0.4 is 5.32 Å². The van der Waals surface area contributed by atoms with E-state index in [-0.39, 0.29) is 0 Å². The molecule has 5 heteroatoms. The third-order valence-corrected chi connectivity index (χ3v) is 5.72. The van der Waals surface area contributed by atoms with Crippen LogP contribution in [0.4, 0.5) is 0 Å². The minimum Gasteiger partial charge on any atom is -0.356 e. The molecule has 0 aliphatic carbocycles. The molecule has 0 amide bonds. The van der Waals surface area contributed by atoms with Crippen molar-refractivity contribution in [3.05, 3.63) is 22.4 Å². The van der Waals surface area contributed by atoms with Crippen molar-refractivity contribution in [3.63, 3.8) is 0 Å². The fraction of sp³-hybridized carbons (Fsp3) is 0.667. The number of thiophene rings is 1. The number of nitrogens with one attached hydrogen (secondary N) is 1. The Hall–Kier alpha value is -0.680. The Labute approximate surface area is 130 Å². The predicted molar refractivity (Wildman–Crippen MR) is 92.1 cm³/mol. The number of nitrogens with zero attached hydrogens (tertiary/aromatic N) is 2. The van der Waals surface area contributed by atoms with Crippen LogP contribution in [0.5, 0.6) is 0 Å². The van der Waals surface area contributed by atoms with Crippen molar-refractivity contribution in [2.24, 2.45) is 10.9 Å². The molecule has 0 saturated carbocycles. The van der Waals surface area contributed by atoms with E-state index in [4.69, 9.17) is 0 Å². The summed E-state index contributed by atoms with van der Waals surface area (Å²) in [4.78, 5) is 8.08. The number of thioether (sulfide) groups is 1. The molecule has 1 aromatic rings. The lowest BCUT2D eigenvalue weighted by molar-refractivity contribution is 0.445. The molecule has 0 atom stereocenters. The number of rotatable bonds is 5. The summed E-state index contributed by atoms with van der Waals surface area (Å²) in [6.45, 7) is 2.08. The summed E-state index contributed by atoms with van der Waals surface area (Å²) in [5.74, 6) is 4.48. The van der Waals surface area contributed by atoms with Gasteiger partial charge < -0.3 is 10.2 Å². The lowest BCUT2D eigenvalue weighted by Crippen LogP contribution is -2.42. The largest absolute Gasteiger partial charge is 0.356 e. The maximum atomic E-state index is 4.40. The van der Waals surface area contributed by atoms with Gasteiger partial charge in [-0.3, -0.25) is 4.99 Å². The lowest BCUT2D eigenvalue weighted by Gasteiger charge is -2.26. The molecular weight excluding hydrogens is 286 g/mol. The Morgan fingerprint density at radius 2 is 2.25 bits per heavy atom. The van der Waals surface area contributed by atoms with Gasteiger partial charge in [0.25, 0.3) is 0 Å². The first-order chi connectivity index (χ1) is 9.79. The maximum absolute atomic E-state index is 4.40. The topological polar surface area (TPSA) is 27.6 Å². The molecule has 20 heavy (non-hydrogen) atoms. The highest BCUT2D eigenvalue weighted by Crippen LogP contribution is 2.21. The van der Waals surface area contributed by atoms with Crippen molar-refractivity contribution in [1.29, 1.82) is 0 Å². The van der Waals surface area contributed by atoms with E-state index in [9.17, 15) is 0 Å². The van der Waals surface area contributed by atoms with Gasteiger partial charge >= 0.3 is 0 Å². The summed E-state index contributed by atoms with van der Waals surface area (Å²) in [5.41, 5.74) is 0. The standard InChI is InChI=1S/C15H25N3S2/c1-16-15(17-12-13-6-10-19-11-7-13)18(2)8-5-14-4-3-9-20-14/h3-4,9,13H,5-8,10-12H2,1-2H3,(H,16,17). The fourth-order valence-electron chi connectivity index (χ4n) is 2.41. The van der Waals surface area contributed by atoms with Gasteiger partial charge in [-0.1, -0.05) is 6.07 Å². The average molecular weight is 312 g/mol. The van der Waals surface area contributed by atoms with Crippen molar-refractivity contribution in [1.82, 2.24) is 10.2 Å². The van der Waals surface area contributed by atoms with E-state index in [0.717, 1.165) is 31.4 Å². The first kappa shape index (κ1) is 15.7. The molecule has 1 aliphatic rings. The summed E-state index contributed by atoms with van der Waals surface area (Å²) in [6.07, 6.45) is 3.77. The van der Waals surface area contributed by atoms with E-state index < -0.39 is 0 Å². The van der Waals surface area contributed by atoms with Gasteiger partial charge in [-0.25, -0.2) is 0 Å². The summed E-state index contributed by atoms with van der Waals surface area (Å²) in [5, 5.41) is 5.68. The smallest absolute Gasteiger partial charge is 0.193 e. The zero-order valence-corrected chi connectivity index (χ0v) is 14.1. The summed E-state index contributed by atoms with van der Waals surface area (Å²) < 4.78 is 0. The Morgan fingerprint density at radius 1 is 1.45 bits per heavy atom. The van der Waals surface area contributed by atoms with Crippen LogP contribution in [0.3, 0.4) is 0 Å². The normalized spacial score (nSPS) is 17.2. The molecule has 2 heterocycles. The molecule has 1 fully saturated rings. The summed E-state index contributed by atoms with van der Waals surface area (Å²) >= 11 is 3.92. The van der Waals surface area contributed by atoms with Crippen molar-refractivity contribution in [2.45, 2.75) is 19.3 Å². The number of guanidine groups is 1. The molecular formula is C15H25N3S2.